The van der Waals surface area contributed by atoms with Gasteiger partial charge >= 0.3 is 0 Å². The van der Waals surface area contributed by atoms with Crippen LogP contribution >= 0.6 is 0 Å². The second-order valence-electron chi connectivity index (χ2n) is 13.0. The molecule has 0 atom stereocenters. The van der Waals surface area contributed by atoms with E-state index < -0.39 is 0 Å². The predicted octanol–water partition coefficient (Wildman–Crippen LogP) is 10.6. The van der Waals surface area contributed by atoms with Crippen molar-refractivity contribution >= 4 is 34.0 Å². The van der Waals surface area contributed by atoms with Gasteiger partial charge in [-0.2, -0.15) is 15.8 Å². The van der Waals surface area contributed by atoms with E-state index in [1.807, 2.05) is 66.7 Å². The molecule has 0 aliphatic heterocycles. The van der Waals surface area contributed by atoms with Crippen molar-refractivity contribution in [2.75, 3.05) is 0 Å². The van der Waals surface area contributed by atoms with Gasteiger partial charge in [-0.05, 0) is 102 Å². The normalized spacial score (nSPS) is 13.2. The molecule has 51 heavy (non-hydrogen) atoms. The lowest BCUT2D eigenvalue weighted by atomic mass is 9.94. The average molecular weight is 652 g/mol. The third-order valence-corrected chi connectivity index (χ3v) is 10.2. The molecule has 0 radical (unpaired) electrons. The van der Waals surface area contributed by atoms with Gasteiger partial charge in [0.15, 0.2) is 0 Å². The van der Waals surface area contributed by atoms with Crippen molar-refractivity contribution in [3.63, 3.8) is 0 Å². The van der Waals surface area contributed by atoms with E-state index in [-0.39, 0.29) is 0 Å². The molecule has 5 aromatic carbocycles. The van der Waals surface area contributed by atoms with Crippen molar-refractivity contribution < 1.29 is 0 Å². The van der Waals surface area contributed by atoms with E-state index in [2.05, 4.69) is 100 Å². The highest BCUT2D eigenvalue weighted by Crippen LogP contribution is 2.40. The van der Waals surface area contributed by atoms with E-state index >= 15 is 0 Å². The quantitative estimate of drug-likeness (QED) is 0.190. The number of aromatic nitrogens is 2. The summed E-state index contributed by atoms with van der Waals surface area (Å²) in [7, 11) is 0. The lowest BCUT2D eigenvalue weighted by molar-refractivity contribution is 0.927. The molecule has 0 fully saturated rings. The number of allylic oxidation sites excluding steroid dienone is 4. The molecular formula is C46H29N5. The zero-order valence-corrected chi connectivity index (χ0v) is 27.6. The molecule has 0 saturated carbocycles. The number of hydrogen-bond acceptors (Lipinski definition) is 3. The predicted molar refractivity (Wildman–Crippen MR) is 204 cm³/mol. The van der Waals surface area contributed by atoms with Crippen molar-refractivity contribution in [1.82, 2.24) is 9.13 Å². The fourth-order valence-electron chi connectivity index (χ4n) is 7.89. The van der Waals surface area contributed by atoms with Gasteiger partial charge in [0, 0.05) is 51.0 Å². The first-order valence-electron chi connectivity index (χ1n) is 17.0. The van der Waals surface area contributed by atoms with Crippen LogP contribution in [0.2, 0.25) is 0 Å². The van der Waals surface area contributed by atoms with Gasteiger partial charge in [-0.1, -0.05) is 72.8 Å². The maximum Gasteiger partial charge on any atom is 0.0998 e. The maximum atomic E-state index is 10.3. The largest absolute Gasteiger partial charge is 0.313 e. The maximum absolute atomic E-state index is 10.3. The Morgan fingerprint density at radius 3 is 2.35 bits per heavy atom. The molecule has 2 heterocycles. The minimum atomic E-state index is 0.556. The topological polar surface area (TPSA) is 81.2 Å². The molecule has 2 aromatic heterocycles. The van der Waals surface area contributed by atoms with Gasteiger partial charge in [0.05, 0.1) is 46.1 Å². The Labute approximate surface area is 295 Å². The molecule has 0 N–H and O–H groups in total. The molecule has 0 amide bonds. The molecule has 238 valence electrons. The van der Waals surface area contributed by atoms with Crippen LogP contribution in [0.4, 0.5) is 0 Å². The molecule has 2 aliphatic carbocycles. The summed E-state index contributed by atoms with van der Waals surface area (Å²) in [6.07, 6.45) is 13.0. The van der Waals surface area contributed by atoms with Gasteiger partial charge in [-0.15, -0.1) is 0 Å². The zero-order chi connectivity index (χ0) is 34.5. The van der Waals surface area contributed by atoms with Crippen molar-refractivity contribution in [2.45, 2.75) is 19.3 Å². The second kappa shape index (κ2) is 12.1. The van der Waals surface area contributed by atoms with Gasteiger partial charge in [0.2, 0.25) is 0 Å². The molecule has 0 bridgehead atoms. The smallest absolute Gasteiger partial charge is 0.0998 e. The van der Waals surface area contributed by atoms with E-state index in [4.69, 9.17) is 0 Å². The summed E-state index contributed by atoms with van der Waals surface area (Å²) < 4.78 is 4.57. The SMILES string of the molecule is N#CC1=CC=Cc2c3c(n(-c4cccc(-c5cc(-c6ccccc6-n6c7ccccc7c7cc(C#N)ccc76)ccc5C#N)c4)c2C1)C=CCC3. The number of hydrogen-bond donors (Lipinski definition) is 0. The summed E-state index contributed by atoms with van der Waals surface area (Å²) in [4.78, 5) is 0. The van der Waals surface area contributed by atoms with Crippen molar-refractivity contribution in [3.8, 4) is 51.8 Å². The molecule has 9 rings (SSSR count). The minimum absolute atomic E-state index is 0.556. The van der Waals surface area contributed by atoms with Crippen LogP contribution in [-0.4, -0.2) is 9.13 Å². The molecule has 2 aliphatic rings. The monoisotopic (exact) mass is 651 g/mol. The van der Waals surface area contributed by atoms with Crippen LogP contribution in [-0.2, 0) is 12.8 Å². The van der Waals surface area contributed by atoms with Crippen LogP contribution in [0.3, 0.4) is 0 Å². The average Bonchev–Trinajstić information content (AvgIpc) is 3.59. The second-order valence-corrected chi connectivity index (χ2v) is 13.0. The Kier molecular flexibility index (Phi) is 7.10. The van der Waals surface area contributed by atoms with Gasteiger partial charge in [-0.3, -0.25) is 0 Å². The number of para-hydroxylation sites is 2. The van der Waals surface area contributed by atoms with Gasteiger partial charge in [0.25, 0.3) is 0 Å². The van der Waals surface area contributed by atoms with E-state index in [9.17, 15) is 15.8 Å². The van der Waals surface area contributed by atoms with E-state index in [0.717, 1.165) is 85.2 Å². The highest BCUT2D eigenvalue weighted by atomic mass is 15.0. The van der Waals surface area contributed by atoms with E-state index in [1.165, 1.54) is 11.1 Å². The third-order valence-electron chi connectivity index (χ3n) is 10.2. The minimum Gasteiger partial charge on any atom is -0.313 e. The Balaban J connectivity index is 1.21. The fourth-order valence-corrected chi connectivity index (χ4v) is 7.89. The fraction of sp³-hybridized carbons (Fsp3) is 0.0652. The molecule has 7 aromatic rings. The molecular weight excluding hydrogens is 623 g/mol. The van der Waals surface area contributed by atoms with Crippen LogP contribution < -0.4 is 0 Å². The third kappa shape index (κ3) is 4.82. The van der Waals surface area contributed by atoms with Crippen LogP contribution in [0.15, 0.2) is 133 Å². The number of nitrogens with zero attached hydrogens (tertiary/aromatic N) is 5. The van der Waals surface area contributed by atoms with Gasteiger partial charge < -0.3 is 9.13 Å². The summed E-state index contributed by atoms with van der Waals surface area (Å²) in [5, 5.41) is 32.0. The number of fused-ring (bicyclic) bond motifs is 6. The van der Waals surface area contributed by atoms with Crippen molar-refractivity contribution in [3.05, 3.63) is 167 Å². The van der Waals surface area contributed by atoms with Crippen molar-refractivity contribution in [1.29, 1.82) is 15.8 Å². The van der Waals surface area contributed by atoms with Crippen LogP contribution in [0, 0.1) is 34.0 Å². The zero-order valence-electron chi connectivity index (χ0n) is 27.6. The first kappa shape index (κ1) is 30.0. The molecule has 0 unspecified atom stereocenters. The lowest BCUT2D eigenvalue weighted by Crippen LogP contribution is -2.05. The van der Waals surface area contributed by atoms with E-state index in [1.54, 1.807) is 0 Å². The van der Waals surface area contributed by atoms with Crippen LogP contribution in [0.25, 0.3) is 67.6 Å². The first-order valence-corrected chi connectivity index (χ1v) is 17.0. The highest BCUT2D eigenvalue weighted by molar-refractivity contribution is 6.10. The van der Waals surface area contributed by atoms with E-state index in [0.29, 0.717) is 17.5 Å². The first-order chi connectivity index (χ1) is 25.2. The Morgan fingerprint density at radius 1 is 0.627 bits per heavy atom. The molecule has 5 heteroatoms. The number of rotatable bonds is 4. The summed E-state index contributed by atoms with van der Waals surface area (Å²) in [6.45, 7) is 0. The highest BCUT2D eigenvalue weighted by Gasteiger charge is 2.24. The summed E-state index contributed by atoms with van der Waals surface area (Å²) >= 11 is 0. The lowest BCUT2D eigenvalue weighted by Gasteiger charge is -2.17. The molecule has 0 saturated heterocycles. The van der Waals surface area contributed by atoms with Crippen LogP contribution in [0.1, 0.15) is 40.1 Å². The number of nitriles is 3. The summed E-state index contributed by atoms with van der Waals surface area (Å²) in [6, 6.07) is 44.1. The summed E-state index contributed by atoms with van der Waals surface area (Å²) in [5.41, 5.74) is 14.7. The van der Waals surface area contributed by atoms with Crippen molar-refractivity contribution in [2.24, 2.45) is 0 Å². The Hall–Kier alpha value is -7.13. The molecule has 5 nitrogen and oxygen atoms in total. The molecule has 0 spiro atoms. The van der Waals surface area contributed by atoms with Gasteiger partial charge in [-0.25, -0.2) is 0 Å². The van der Waals surface area contributed by atoms with Crippen LogP contribution in [0.5, 0.6) is 0 Å². The standard InChI is InChI=1S/C46H29N5/c47-27-30-9-7-15-38-37-13-2-5-17-43(37)50(46(38)24-30)35-11-8-10-32(25-35)40-26-33(20-21-34(40)29-49)36-12-1-4-16-42(36)51-44-18-6-3-14-39(44)41-23-31(28-48)19-22-45(41)51/h1,3-12,14-23,25-26H,2,13,24H2. The number of benzene rings is 5. The Bertz CT molecular complexity index is 2810. The summed E-state index contributed by atoms with van der Waals surface area (Å²) in [5.74, 6) is 0. The van der Waals surface area contributed by atoms with Gasteiger partial charge in [0.1, 0.15) is 0 Å². The Morgan fingerprint density at radius 2 is 1.47 bits per heavy atom.